The summed E-state index contributed by atoms with van der Waals surface area (Å²) < 4.78 is 49.7. The van der Waals surface area contributed by atoms with Crippen molar-refractivity contribution in [2.45, 2.75) is 12.0 Å². The molecule has 0 saturated heterocycles. The minimum absolute atomic E-state index is 0.149. The number of ether oxygens (including phenoxy) is 2. The van der Waals surface area contributed by atoms with E-state index in [1.54, 1.807) is 0 Å². The topological polar surface area (TPSA) is 67.4 Å². The third-order valence-electron chi connectivity index (χ3n) is 3.00. The molecule has 0 amide bonds. The van der Waals surface area contributed by atoms with Gasteiger partial charge in [-0.15, -0.1) is 0 Å². The lowest BCUT2D eigenvalue weighted by molar-refractivity contribution is -0.352. The van der Waals surface area contributed by atoms with E-state index in [2.05, 4.69) is 14.7 Å². The molecule has 0 radical (unpaired) electrons. The number of aliphatic hydroxyl groups is 1. The van der Waals surface area contributed by atoms with Gasteiger partial charge in [-0.2, -0.15) is 13.2 Å². The summed E-state index contributed by atoms with van der Waals surface area (Å²) in [6, 6.07) is 2.66. The molecular weight excluding hydrogens is 348 g/mol. The lowest BCUT2D eigenvalue weighted by atomic mass is 10.2. The highest BCUT2D eigenvalue weighted by molar-refractivity contribution is 6.42. The molecule has 2 aromatic rings. The maximum Gasteiger partial charge on any atom is 0.476 e. The Morgan fingerprint density at radius 1 is 1.27 bits per heavy atom. The number of imidazole rings is 1. The number of aromatic nitrogens is 2. The second kappa shape index (κ2) is 4.94. The highest BCUT2D eigenvalue weighted by atomic mass is 35.5. The average molecular weight is 355 g/mol. The Bertz CT molecular complexity index is 736. The van der Waals surface area contributed by atoms with Gasteiger partial charge in [-0.3, -0.25) is 0 Å². The second-order valence-corrected chi connectivity index (χ2v) is 5.26. The first-order valence-electron chi connectivity index (χ1n) is 5.85. The molecule has 0 bridgehead atoms. The van der Waals surface area contributed by atoms with Crippen LogP contribution in [0.2, 0.25) is 10.0 Å². The fraction of sp³-hybridized carbons (Fsp3) is 0.250. The van der Waals surface area contributed by atoms with Crippen molar-refractivity contribution >= 4 is 34.2 Å². The SMILES string of the molecule is OCC1=COC(c2nc3cc(Cl)c(Cl)cc3[nH]2)(C(F)(F)F)O1. The third-order valence-corrected chi connectivity index (χ3v) is 3.72. The van der Waals surface area contributed by atoms with E-state index < -0.39 is 24.4 Å². The standard InChI is InChI=1S/C12H7Cl2F3N2O3/c13-6-1-8-9(2-7(6)14)19-10(18-8)11(12(15,16)17)21-4-5(3-20)22-11/h1-2,4,20H,3H2,(H,18,19). The van der Waals surface area contributed by atoms with Crippen LogP contribution in [0.1, 0.15) is 5.82 Å². The Kier molecular flexibility index (Phi) is 3.42. The molecule has 1 atom stereocenters. The van der Waals surface area contributed by atoms with Crippen LogP contribution < -0.4 is 0 Å². The van der Waals surface area contributed by atoms with Crippen LogP contribution in [0.25, 0.3) is 11.0 Å². The minimum atomic E-state index is -4.94. The maximum atomic E-state index is 13.4. The van der Waals surface area contributed by atoms with Gasteiger partial charge >= 0.3 is 12.0 Å². The van der Waals surface area contributed by atoms with E-state index in [1.807, 2.05) is 0 Å². The van der Waals surface area contributed by atoms with Gasteiger partial charge in [-0.1, -0.05) is 23.2 Å². The normalized spacial score (nSPS) is 21.6. The summed E-state index contributed by atoms with van der Waals surface area (Å²) in [6.45, 7) is -0.740. The molecular formula is C12H7Cl2F3N2O3. The molecule has 0 spiro atoms. The van der Waals surface area contributed by atoms with Crippen LogP contribution in [-0.2, 0) is 15.3 Å². The molecule has 1 aromatic carbocycles. The monoisotopic (exact) mass is 354 g/mol. The third kappa shape index (κ3) is 2.18. The van der Waals surface area contributed by atoms with Crippen LogP contribution in [-0.4, -0.2) is 27.9 Å². The molecule has 1 aromatic heterocycles. The summed E-state index contributed by atoms with van der Waals surface area (Å²) >= 11 is 11.6. The Morgan fingerprint density at radius 3 is 2.55 bits per heavy atom. The number of hydrogen-bond acceptors (Lipinski definition) is 4. The zero-order valence-electron chi connectivity index (χ0n) is 10.5. The van der Waals surface area contributed by atoms with Gasteiger partial charge in [0.05, 0.1) is 21.1 Å². The summed E-state index contributed by atoms with van der Waals surface area (Å²) in [5.74, 6) is -4.15. The summed E-state index contributed by atoms with van der Waals surface area (Å²) in [5, 5.41) is 9.23. The highest BCUT2D eigenvalue weighted by Crippen LogP contribution is 2.47. The lowest BCUT2D eigenvalue weighted by Gasteiger charge is -2.27. The molecule has 3 rings (SSSR count). The van der Waals surface area contributed by atoms with Crippen molar-refractivity contribution < 1.29 is 27.8 Å². The number of H-pyrrole nitrogens is 1. The quantitative estimate of drug-likeness (QED) is 0.866. The van der Waals surface area contributed by atoms with E-state index in [-0.39, 0.29) is 26.8 Å². The number of rotatable bonds is 2. The average Bonchev–Trinajstić information content (AvgIpc) is 3.03. The molecule has 2 N–H and O–H groups in total. The number of hydrogen-bond donors (Lipinski definition) is 2. The van der Waals surface area contributed by atoms with Crippen LogP contribution in [0.5, 0.6) is 0 Å². The van der Waals surface area contributed by atoms with Gasteiger partial charge in [0.15, 0.2) is 5.76 Å². The van der Waals surface area contributed by atoms with Gasteiger partial charge in [0.1, 0.15) is 12.9 Å². The first-order chi connectivity index (χ1) is 10.3. The number of benzene rings is 1. The molecule has 1 aliphatic rings. The van der Waals surface area contributed by atoms with Crippen LogP contribution in [0.3, 0.4) is 0 Å². The Morgan fingerprint density at radius 2 is 1.95 bits per heavy atom. The predicted octanol–water partition coefficient (Wildman–Crippen LogP) is 3.47. The first-order valence-corrected chi connectivity index (χ1v) is 6.61. The maximum absolute atomic E-state index is 13.4. The number of aliphatic hydroxyl groups excluding tert-OH is 1. The van der Waals surface area contributed by atoms with E-state index in [1.165, 1.54) is 12.1 Å². The molecule has 5 nitrogen and oxygen atoms in total. The molecule has 1 unspecified atom stereocenters. The van der Waals surface area contributed by atoms with Gasteiger partial charge < -0.3 is 19.6 Å². The van der Waals surface area contributed by atoms with Crippen LogP contribution in [0, 0.1) is 0 Å². The summed E-state index contributed by atoms with van der Waals surface area (Å²) in [5.41, 5.74) is 0.398. The van der Waals surface area contributed by atoms with Crippen LogP contribution in [0.15, 0.2) is 24.2 Å². The number of alkyl halides is 3. The minimum Gasteiger partial charge on any atom is -0.443 e. The summed E-state index contributed by atoms with van der Waals surface area (Å²) in [7, 11) is 0. The highest BCUT2D eigenvalue weighted by Gasteiger charge is 2.66. The molecule has 10 heteroatoms. The number of fused-ring (bicyclic) bond motifs is 1. The smallest absolute Gasteiger partial charge is 0.443 e. The zero-order chi connectivity index (χ0) is 16.1. The summed E-state index contributed by atoms with van der Waals surface area (Å²) in [4.78, 5) is 6.28. The summed E-state index contributed by atoms with van der Waals surface area (Å²) in [6.07, 6.45) is -4.25. The van der Waals surface area contributed by atoms with Crippen molar-refractivity contribution in [1.29, 1.82) is 0 Å². The van der Waals surface area contributed by atoms with Crippen molar-refractivity contribution in [2.24, 2.45) is 0 Å². The van der Waals surface area contributed by atoms with Crippen LogP contribution >= 0.6 is 23.2 Å². The fourth-order valence-corrected chi connectivity index (χ4v) is 2.30. The van der Waals surface area contributed by atoms with E-state index in [4.69, 9.17) is 33.0 Å². The Hall–Kier alpha value is -1.64. The molecule has 0 aliphatic carbocycles. The Labute approximate surface area is 131 Å². The molecule has 22 heavy (non-hydrogen) atoms. The van der Waals surface area contributed by atoms with E-state index in [0.29, 0.717) is 6.26 Å². The fourth-order valence-electron chi connectivity index (χ4n) is 1.97. The van der Waals surface area contributed by atoms with Crippen LogP contribution in [0.4, 0.5) is 13.2 Å². The van der Waals surface area contributed by atoms with Crippen molar-refractivity contribution in [3.63, 3.8) is 0 Å². The first kappa shape index (κ1) is 15.3. The van der Waals surface area contributed by atoms with Crippen molar-refractivity contribution in [3.05, 3.63) is 40.0 Å². The van der Waals surface area contributed by atoms with Crippen molar-refractivity contribution in [1.82, 2.24) is 9.97 Å². The van der Waals surface area contributed by atoms with E-state index in [9.17, 15) is 13.2 Å². The van der Waals surface area contributed by atoms with Crippen molar-refractivity contribution in [2.75, 3.05) is 6.61 Å². The number of aromatic amines is 1. The zero-order valence-corrected chi connectivity index (χ0v) is 12.1. The van der Waals surface area contributed by atoms with Gasteiger partial charge in [0.25, 0.3) is 0 Å². The molecule has 118 valence electrons. The molecule has 1 aliphatic heterocycles. The Balaban J connectivity index is 2.14. The molecule has 0 fully saturated rings. The van der Waals surface area contributed by atoms with Gasteiger partial charge in [-0.05, 0) is 12.1 Å². The predicted molar refractivity (Wildman–Crippen MR) is 71.2 cm³/mol. The van der Waals surface area contributed by atoms with Gasteiger partial charge in [0.2, 0.25) is 5.82 Å². The van der Waals surface area contributed by atoms with Gasteiger partial charge in [-0.25, -0.2) is 4.98 Å². The lowest BCUT2D eigenvalue weighted by Crippen LogP contribution is -2.44. The number of halogens is 5. The van der Waals surface area contributed by atoms with Crippen molar-refractivity contribution in [3.8, 4) is 0 Å². The molecule has 2 heterocycles. The largest absolute Gasteiger partial charge is 0.476 e. The van der Waals surface area contributed by atoms with Gasteiger partial charge in [0, 0.05) is 0 Å². The number of nitrogens with one attached hydrogen (secondary N) is 1. The molecule has 0 saturated carbocycles. The van der Waals surface area contributed by atoms with E-state index in [0.717, 1.165) is 0 Å². The second-order valence-electron chi connectivity index (χ2n) is 4.45. The van der Waals surface area contributed by atoms with E-state index >= 15 is 0 Å². The number of nitrogens with zero attached hydrogens (tertiary/aromatic N) is 1.